The van der Waals surface area contributed by atoms with E-state index in [1.165, 1.54) is 38.4 Å². The second kappa shape index (κ2) is 11.2. The van der Waals surface area contributed by atoms with Crippen LogP contribution in [0.3, 0.4) is 0 Å². The van der Waals surface area contributed by atoms with Gasteiger partial charge in [-0.15, -0.1) is 0 Å². The summed E-state index contributed by atoms with van der Waals surface area (Å²) in [4.78, 5) is 34.6. The Morgan fingerprint density at radius 1 is 1.03 bits per heavy atom. The number of rotatable bonds is 11. The Bertz CT molecular complexity index is 1140. The zero-order valence-corrected chi connectivity index (χ0v) is 20.5. The van der Waals surface area contributed by atoms with Crippen molar-refractivity contribution in [3.8, 4) is 0 Å². The summed E-state index contributed by atoms with van der Waals surface area (Å²) in [6, 6.07) is 8.69. The number of benzene rings is 1. The highest BCUT2D eigenvalue weighted by Gasteiger charge is 2.30. The van der Waals surface area contributed by atoms with Crippen molar-refractivity contribution in [1.82, 2.24) is 9.97 Å². The van der Waals surface area contributed by atoms with E-state index in [0.29, 0.717) is 23.2 Å². The fourth-order valence-electron chi connectivity index (χ4n) is 4.48. The van der Waals surface area contributed by atoms with Crippen molar-refractivity contribution in [1.29, 1.82) is 0 Å². The SMILES string of the molecule is O=C(O)CCS(=O)(=O)Cc1ccc(NC(=O)c2cc(N(CC3CC3)C3CCCCC3)ncn2)cc1. The van der Waals surface area contributed by atoms with Gasteiger partial charge in [-0.05, 0) is 49.3 Å². The van der Waals surface area contributed by atoms with Crippen molar-refractivity contribution in [2.24, 2.45) is 5.92 Å². The molecule has 2 aliphatic rings. The number of anilines is 2. The van der Waals surface area contributed by atoms with Gasteiger partial charge in [0.05, 0.1) is 17.9 Å². The molecule has 35 heavy (non-hydrogen) atoms. The molecule has 2 N–H and O–H groups in total. The topological polar surface area (TPSA) is 130 Å². The Balaban J connectivity index is 1.40. The van der Waals surface area contributed by atoms with Gasteiger partial charge in [-0.3, -0.25) is 9.59 Å². The molecule has 0 radical (unpaired) electrons. The first-order valence-electron chi connectivity index (χ1n) is 12.2. The van der Waals surface area contributed by atoms with Crippen LogP contribution in [-0.2, 0) is 20.4 Å². The van der Waals surface area contributed by atoms with E-state index < -0.39 is 28.0 Å². The summed E-state index contributed by atoms with van der Waals surface area (Å²) in [7, 11) is -3.53. The molecule has 2 fully saturated rings. The summed E-state index contributed by atoms with van der Waals surface area (Å²) < 4.78 is 24.1. The van der Waals surface area contributed by atoms with Gasteiger partial charge in [0.2, 0.25) is 0 Å². The molecule has 0 aliphatic heterocycles. The van der Waals surface area contributed by atoms with Crippen LogP contribution >= 0.6 is 0 Å². The molecule has 1 aromatic heterocycles. The first kappa shape index (κ1) is 25.1. The molecule has 1 amide bonds. The molecule has 0 spiro atoms. The second-order valence-corrected chi connectivity index (χ2v) is 11.7. The zero-order valence-electron chi connectivity index (χ0n) is 19.7. The Morgan fingerprint density at radius 3 is 2.40 bits per heavy atom. The number of aromatic nitrogens is 2. The average Bonchev–Trinajstić information content (AvgIpc) is 3.67. The van der Waals surface area contributed by atoms with E-state index in [-0.39, 0.29) is 17.4 Å². The largest absolute Gasteiger partial charge is 0.481 e. The number of nitrogens with zero attached hydrogens (tertiary/aromatic N) is 3. The van der Waals surface area contributed by atoms with Crippen molar-refractivity contribution in [2.75, 3.05) is 22.5 Å². The maximum Gasteiger partial charge on any atom is 0.304 e. The monoisotopic (exact) mass is 500 g/mol. The van der Waals surface area contributed by atoms with Gasteiger partial charge < -0.3 is 15.3 Å². The molecule has 0 unspecified atom stereocenters. The second-order valence-electron chi connectivity index (χ2n) is 9.54. The lowest BCUT2D eigenvalue weighted by Crippen LogP contribution is -2.39. The molecule has 2 saturated carbocycles. The highest BCUT2D eigenvalue weighted by atomic mass is 32.2. The van der Waals surface area contributed by atoms with Crippen molar-refractivity contribution in [2.45, 2.75) is 63.2 Å². The number of nitrogens with one attached hydrogen (secondary N) is 1. The minimum Gasteiger partial charge on any atom is -0.481 e. The molecular formula is C25H32N4O5S. The van der Waals surface area contributed by atoms with Gasteiger partial charge in [-0.25, -0.2) is 18.4 Å². The van der Waals surface area contributed by atoms with Crippen LogP contribution in [-0.4, -0.2) is 53.7 Å². The Labute approximate surface area is 205 Å². The highest BCUT2D eigenvalue weighted by molar-refractivity contribution is 7.90. The number of carbonyl (C=O) groups is 2. The molecule has 188 valence electrons. The summed E-state index contributed by atoms with van der Waals surface area (Å²) in [6.45, 7) is 0.972. The van der Waals surface area contributed by atoms with Crippen molar-refractivity contribution in [3.63, 3.8) is 0 Å². The third-order valence-corrected chi connectivity index (χ3v) is 8.17. The van der Waals surface area contributed by atoms with Gasteiger partial charge >= 0.3 is 5.97 Å². The number of hydrogen-bond donors (Lipinski definition) is 2. The number of carboxylic acid groups (broad SMARTS) is 1. The van der Waals surface area contributed by atoms with Gasteiger partial charge in [-0.1, -0.05) is 31.4 Å². The van der Waals surface area contributed by atoms with E-state index in [2.05, 4.69) is 20.2 Å². The predicted octanol–water partition coefficient (Wildman–Crippen LogP) is 3.67. The van der Waals surface area contributed by atoms with E-state index in [4.69, 9.17) is 5.11 Å². The zero-order chi connectivity index (χ0) is 24.8. The Hall–Kier alpha value is -3.01. The first-order valence-corrected chi connectivity index (χ1v) is 14.0. The molecule has 0 bridgehead atoms. The van der Waals surface area contributed by atoms with E-state index in [9.17, 15) is 18.0 Å². The molecular weight excluding hydrogens is 468 g/mol. The van der Waals surface area contributed by atoms with Gasteiger partial charge in [0.1, 0.15) is 17.8 Å². The van der Waals surface area contributed by atoms with E-state index in [1.807, 2.05) is 0 Å². The number of carboxylic acids is 1. The van der Waals surface area contributed by atoms with Crippen LogP contribution in [0.4, 0.5) is 11.5 Å². The van der Waals surface area contributed by atoms with E-state index >= 15 is 0 Å². The Kier molecular flexibility index (Phi) is 8.00. The van der Waals surface area contributed by atoms with Gasteiger partial charge in [0, 0.05) is 24.3 Å². The smallest absolute Gasteiger partial charge is 0.304 e. The summed E-state index contributed by atoms with van der Waals surface area (Å²) in [5, 5.41) is 11.5. The van der Waals surface area contributed by atoms with Gasteiger partial charge in [-0.2, -0.15) is 0 Å². The fraction of sp³-hybridized carbons (Fsp3) is 0.520. The molecule has 2 aromatic rings. The summed E-state index contributed by atoms with van der Waals surface area (Å²) >= 11 is 0. The van der Waals surface area contributed by atoms with Crippen molar-refractivity contribution < 1.29 is 23.1 Å². The van der Waals surface area contributed by atoms with E-state index in [0.717, 1.165) is 25.2 Å². The third-order valence-electron chi connectivity index (χ3n) is 6.57. The molecule has 4 rings (SSSR count). The van der Waals surface area contributed by atoms with Crippen molar-refractivity contribution >= 4 is 33.2 Å². The van der Waals surface area contributed by atoms with Gasteiger partial charge in [0.25, 0.3) is 5.91 Å². The number of amides is 1. The molecule has 1 aromatic carbocycles. The first-order chi connectivity index (χ1) is 16.8. The average molecular weight is 501 g/mol. The lowest BCUT2D eigenvalue weighted by molar-refractivity contribution is -0.136. The minimum atomic E-state index is -3.53. The molecule has 0 atom stereocenters. The Morgan fingerprint density at radius 2 is 1.74 bits per heavy atom. The quantitative estimate of drug-likeness (QED) is 0.478. The van der Waals surface area contributed by atoms with Crippen LogP contribution in [0, 0.1) is 5.92 Å². The number of carbonyl (C=O) groups excluding carboxylic acids is 1. The third kappa shape index (κ3) is 7.48. The van der Waals surface area contributed by atoms with Crippen LogP contribution in [0.25, 0.3) is 0 Å². The van der Waals surface area contributed by atoms with Crippen LogP contribution in [0.1, 0.15) is 67.4 Å². The summed E-state index contributed by atoms with van der Waals surface area (Å²) in [6.07, 6.45) is 9.54. The lowest BCUT2D eigenvalue weighted by atomic mass is 9.94. The highest BCUT2D eigenvalue weighted by Crippen LogP contribution is 2.34. The summed E-state index contributed by atoms with van der Waals surface area (Å²) in [5.74, 6) is -0.655. The molecule has 0 saturated heterocycles. The maximum atomic E-state index is 12.9. The number of hydrogen-bond acceptors (Lipinski definition) is 7. The number of aliphatic carboxylic acids is 1. The lowest BCUT2D eigenvalue weighted by Gasteiger charge is -2.35. The van der Waals surface area contributed by atoms with Crippen LogP contribution in [0.2, 0.25) is 0 Å². The minimum absolute atomic E-state index is 0.248. The van der Waals surface area contributed by atoms with Crippen LogP contribution < -0.4 is 10.2 Å². The molecule has 9 nitrogen and oxygen atoms in total. The molecule has 2 aliphatic carbocycles. The van der Waals surface area contributed by atoms with Crippen LogP contribution in [0.15, 0.2) is 36.7 Å². The maximum absolute atomic E-state index is 12.9. The summed E-state index contributed by atoms with van der Waals surface area (Å²) in [5.41, 5.74) is 1.33. The van der Waals surface area contributed by atoms with Gasteiger partial charge in [0.15, 0.2) is 9.84 Å². The van der Waals surface area contributed by atoms with E-state index in [1.54, 1.807) is 30.3 Å². The standard InChI is InChI=1S/C25H32N4O5S/c30-24(31)12-13-35(33,34)16-19-8-10-20(11-9-19)28-25(32)22-14-23(27-17-26-22)29(15-18-6-7-18)21-4-2-1-3-5-21/h8-11,14,17-18,21H,1-7,12-13,15-16H2,(H,28,32)(H,30,31). The normalized spacial score (nSPS) is 16.6. The van der Waals surface area contributed by atoms with Crippen LogP contribution in [0.5, 0.6) is 0 Å². The predicted molar refractivity (Wildman–Crippen MR) is 133 cm³/mol. The van der Waals surface area contributed by atoms with Crippen molar-refractivity contribution in [3.05, 3.63) is 47.9 Å². The fourth-order valence-corrected chi connectivity index (χ4v) is 5.81. The molecule has 1 heterocycles. The molecule has 10 heteroatoms. The number of sulfone groups is 1.